The van der Waals surface area contributed by atoms with Crippen molar-refractivity contribution in [1.29, 1.82) is 0 Å². The van der Waals surface area contributed by atoms with Gasteiger partial charge >= 0.3 is 7.82 Å². The molecule has 0 saturated carbocycles. The second-order valence-corrected chi connectivity index (χ2v) is 15.2. The zero-order valence-corrected chi connectivity index (χ0v) is 31.8. The Bertz CT molecular complexity index is 743. The first-order valence-electron chi connectivity index (χ1n) is 20.1. The molecular formula is C39H78NO6P. The number of phosphoric acid groups is 1. The lowest BCUT2D eigenvalue weighted by Crippen LogP contribution is -2.45. The molecule has 0 rings (SSSR count). The SMILES string of the molecule is CCCCCCCCCCC/C=C/[C@@H](O)[C@H](COP(=O)(O)O)NC(=O)CCCCCCCCCCCCCCCCCCCCCC. The van der Waals surface area contributed by atoms with Gasteiger partial charge in [-0.2, -0.15) is 0 Å². The molecule has 0 aromatic heterocycles. The fraction of sp³-hybridized carbons (Fsp3) is 0.923. The zero-order valence-electron chi connectivity index (χ0n) is 31.0. The molecule has 2 atom stereocenters. The molecule has 7 nitrogen and oxygen atoms in total. The molecule has 0 aliphatic carbocycles. The first kappa shape index (κ1) is 46.3. The maximum Gasteiger partial charge on any atom is 0.469 e. The summed E-state index contributed by atoms with van der Waals surface area (Å²) in [7, 11) is -4.70. The van der Waals surface area contributed by atoms with Crippen molar-refractivity contribution < 1.29 is 28.8 Å². The Morgan fingerprint density at radius 2 is 0.936 bits per heavy atom. The molecule has 1 amide bonds. The van der Waals surface area contributed by atoms with Crippen LogP contribution in [-0.2, 0) is 13.9 Å². The third kappa shape index (κ3) is 36.4. The molecule has 0 saturated heterocycles. The van der Waals surface area contributed by atoms with E-state index in [0.717, 1.165) is 38.5 Å². The lowest BCUT2D eigenvalue weighted by molar-refractivity contribution is -0.123. The molecule has 8 heteroatoms. The normalized spacial score (nSPS) is 13.4. The van der Waals surface area contributed by atoms with E-state index in [9.17, 15) is 14.5 Å². The molecule has 47 heavy (non-hydrogen) atoms. The first-order valence-corrected chi connectivity index (χ1v) is 21.7. The van der Waals surface area contributed by atoms with Crippen LogP contribution in [0.4, 0.5) is 0 Å². The number of allylic oxidation sites excluding steroid dienone is 1. The minimum atomic E-state index is -4.70. The molecule has 0 radical (unpaired) electrons. The van der Waals surface area contributed by atoms with Crippen molar-refractivity contribution in [3.05, 3.63) is 12.2 Å². The molecule has 0 aromatic carbocycles. The summed E-state index contributed by atoms with van der Waals surface area (Å²) < 4.78 is 15.9. The molecule has 0 fully saturated rings. The zero-order chi connectivity index (χ0) is 34.7. The highest BCUT2D eigenvalue weighted by Crippen LogP contribution is 2.35. The summed E-state index contributed by atoms with van der Waals surface area (Å²) >= 11 is 0. The molecule has 0 unspecified atom stereocenters. The summed E-state index contributed by atoms with van der Waals surface area (Å²) in [5.41, 5.74) is 0. The quantitative estimate of drug-likeness (QED) is 0.0293. The Labute approximate surface area is 291 Å². The highest BCUT2D eigenvalue weighted by atomic mass is 31.2. The van der Waals surface area contributed by atoms with Gasteiger partial charge in [0, 0.05) is 6.42 Å². The van der Waals surface area contributed by atoms with Gasteiger partial charge in [0.2, 0.25) is 5.91 Å². The number of phosphoric ester groups is 1. The van der Waals surface area contributed by atoms with Crippen LogP contribution in [0, 0.1) is 0 Å². The van der Waals surface area contributed by atoms with Crippen LogP contribution >= 0.6 is 7.82 Å². The highest BCUT2D eigenvalue weighted by molar-refractivity contribution is 7.46. The van der Waals surface area contributed by atoms with Gasteiger partial charge in [0.05, 0.1) is 18.8 Å². The fourth-order valence-electron chi connectivity index (χ4n) is 6.17. The van der Waals surface area contributed by atoms with Gasteiger partial charge < -0.3 is 20.2 Å². The van der Waals surface area contributed by atoms with Crippen molar-refractivity contribution in [2.24, 2.45) is 0 Å². The van der Waals surface area contributed by atoms with Gasteiger partial charge in [-0.15, -0.1) is 0 Å². The number of carbonyl (C=O) groups is 1. The Morgan fingerprint density at radius 3 is 1.30 bits per heavy atom. The van der Waals surface area contributed by atoms with E-state index in [4.69, 9.17) is 9.79 Å². The predicted octanol–water partition coefficient (Wildman–Crippen LogP) is 11.6. The molecular weight excluding hydrogens is 609 g/mol. The summed E-state index contributed by atoms with van der Waals surface area (Å²) in [6.45, 7) is 4.06. The summed E-state index contributed by atoms with van der Waals surface area (Å²) in [5, 5.41) is 13.3. The van der Waals surface area contributed by atoms with Crippen LogP contribution in [0.3, 0.4) is 0 Å². The lowest BCUT2D eigenvalue weighted by Gasteiger charge is -2.22. The van der Waals surface area contributed by atoms with E-state index in [2.05, 4.69) is 23.7 Å². The molecule has 280 valence electrons. The molecule has 0 spiro atoms. The highest BCUT2D eigenvalue weighted by Gasteiger charge is 2.24. The Morgan fingerprint density at radius 1 is 0.596 bits per heavy atom. The van der Waals surface area contributed by atoms with Gasteiger partial charge in [0.25, 0.3) is 0 Å². The number of unbranched alkanes of at least 4 members (excludes halogenated alkanes) is 28. The fourth-order valence-corrected chi connectivity index (χ4v) is 6.52. The second-order valence-electron chi connectivity index (χ2n) is 14.0. The van der Waals surface area contributed by atoms with E-state index in [1.165, 1.54) is 154 Å². The summed E-state index contributed by atoms with van der Waals surface area (Å²) in [6, 6.07) is -0.903. The first-order chi connectivity index (χ1) is 22.8. The van der Waals surface area contributed by atoms with E-state index in [-0.39, 0.29) is 5.91 Å². The van der Waals surface area contributed by atoms with Crippen molar-refractivity contribution in [2.75, 3.05) is 6.61 Å². The van der Waals surface area contributed by atoms with Crippen LogP contribution in [0.1, 0.15) is 213 Å². The number of hydrogen-bond donors (Lipinski definition) is 4. The largest absolute Gasteiger partial charge is 0.469 e. The van der Waals surface area contributed by atoms with Gasteiger partial charge in [-0.1, -0.05) is 199 Å². The van der Waals surface area contributed by atoms with Crippen molar-refractivity contribution >= 4 is 13.7 Å². The number of aliphatic hydroxyl groups is 1. The van der Waals surface area contributed by atoms with Gasteiger partial charge in [-0.25, -0.2) is 4.57 Å². The van der Waals surface area contributed by atoms with E-state index < -0.39 is 26.6 Å². The smallest absolute Gasteiger partial charge is 0.387 e. The monoisotopic (exact) mass is 688 g/mol. The average Bonchev–Trinajstić information content (AvgIpc) is 3.04. The molecule has 4 N–H and O–H groups in total. The van der Waals surface area contributed by atoms with Crippen LogP contribution in [0.5, 0.6) is 0 Å². The van der Waals surface area contributed by atoms with Gasteiger partial charge in [-0.05, 0) is 19.3 Å². The predicted molar refractivity (Wildman–Crippen MR) is 200 cm³/mol. The van der Waals surface area contributed by atoms with E-state index in [0.29, 0.717) is 6.42 Å². The van der Waals surface area contributed by atoms with Gasteiger partial charge in [0.1, 0.15) is 0 Å². The van der Waals surface area contributed by atoms with Crippen molar-refractivity contribution in [2.45, 2.75) is 225 Å². The van der Waals surface area contributed by atoms with Gasteiger partial charge in [0.15, 0.2) is 0 Å². The number of amides is 1. The third-order valence-corrected chi connectivity index (χ3v) is 9.73. The molecule has 0 aliphatic rings. The number of carbonyl (C=O) groups excluding carboxylic acids is 1. The summed E-state index contributed by atoms with van der Waals surface area (Å²) in [5.74, 6) is -0.224. The Balaban J connectivity index is 3.89. The maximum absolute atomic E-state index is 12.5. The lowest BCUT2D eigenvalue weighted by atomic mass is 10.0. The minimum Gasteiger partial charge on any atom is -0.387 e. The summed E-state index contributed by atoms with van der Waals surface area (Å²) in [4.78, 5) is 30.8. The van der Waals surface area contributed by atoms with Crippen LogP contribution in [0.25, 0.3) is 0 Å². The van der Waals surface area contributed by atoms with E-state index in [1.54, 1.807) is 6.08 Å². The van der Waals surface area contributed by atoms with Crippen molar-refractivity contribution in [3.63, 3.8) is 0 Å². The number of hydrogen-bond acceptors (Lipinski definition) is 4. The molecule has 0 heterocycles. The van der Waals surface area contributed by atoms with Crippen molar-refractivity contribution in [3.8, 4) is 0 Å². The molecule has 0 aliphatic heterocycles. The average molecular weight is 688 g/mol. The number of nitrogens with one attached hydrogen (secondary N) is 1. The van der Waals surface area contributed by atoms with Gasteiger partial charge in [-0.3, -0.25) is 9.32 Å². The topological polar surface area (TPSA) is 116 Å². The summed E-state index contributed by atoms with van der Waals surface area (Å²) in [6.07, 6.45) is 40.9. The maximum atomic E-state index is 12.5. The van der Waals surface area contributed by atoms with Crippen molar-refractivity contribution in [1.82, 2.24) is 5.32 Å². The molecule has 0 aromatic rings. The van der Waals surface area contributed by atoms with E-state index in [1.807, 2.05) is 6.08 Å². The third-order valence-electron chi connectivity index (χ3n) is 9.25. The standard InChI is InChI=1S/C39H78NO6P/c1-3-5-7-9-11-13-15-16-17-18-19-20-21-22-23-25-27-29-31-33-35-39(42)40-37(36-46-47(43,44)45)38(41)34-32-30-28-26-24-14-12-10-8-6-4-2/h32,34,37-38,41H,3-31,33,35-36H2,1-2H3,(H,40,42)(H2,43,44,45)/b34-32+/t37-,38+/m0/s1. The van der Waals surface area contributed by atoms with Crippen LogP contribution < -0.4 is 5.32 Å². The number of aliphatic hydroxyl groups excluding tert-OH is 1. The Kier molecular flexibility index (Phi) is 34.6. The second kappa shape index (κ2) is 35.1. The van der Waals surface area contributed by atoms with Crippen LogP contribution in [0.15, 0.2) is 12.2 Å². The van der Waals surface area contributed by atoms with Crippen LogP contribution in [-0.4, -0.2) is 39.6 Å². The van der Waals surface area contributed by atoms with Crippen LogP contribution in [0.2, 0.25) is 0 Å². The number of rotatable bonds is 37. The minimum absolute atomic E-state index is 0.224. The molecule has 0 bridgehead atoms. The Hall–Kier alpha value is -0.720. The van der Waals surface area contributed by atoms with E-state index >= 15 is 0 Å².